The van der Waals surface area contributed by atoms with E-state index in [0.717, 1.165) is 19.5 Å². The van der Waals surface area contributed by atoms with Crippen LogP contribution >= 0.6 is 11.6 Å². The molecule has 0 aliphatic carbocycles. The van der Waals surface area contributed by atoms with Gasteiger partial charge in [0.25, 0.3) is 0 Å². The SMILES string of the molecule is CCNCC/C=C/Cc1cccc(Cl)c1F. The van der Waals surface area contributed by atoms with Crippen LogP contribution in [0.3, 0.4) is 0 Å². The molecule has 0 saturated carbocycles. The van der Waals surface area contributed by atoms with Crippen molar-refractivity contribution in [3.8, 4) is 0 Å². The average Bonchev–Trinajstić information content (AvgIpc) is 2.29. The Balaban J connectivity index is 2.39. The molecule has 0 amide bonds. The fourth-order valence-corrected chi connectivity index (χ4v) is 1.59. The molecule has 1 aromatic rings. The summed E-state index contributed by atoms with van der Waals surface area (Å²) in [5.74, 6) is -0.305. The number of allylic oxidation sites excluding steroid dienone is 1. The highest BCUT2D eigenvalue weighted by molar-refractivity contribution is 6.30. The largest absolute Gasteiger partial charge is 0.317 e. The number of halogens is 2. The molecule has 1 nitrogen and oxygen atoms in total. The van der Waals surface area contributed by atoms with E-state index in [0.29, 0.717) is 12.0 Å². The smallest absolute Gasteiger partial charge is 0.145 e. The standard InChI is InChI=1S/C13H17ClFN/c1-2-16-10-5-3-4-7-11-8-6-9-12(14)13(11)15/h3-4,6,8-9,16H,2,5,7,10H2,1H3/b4-3+. The first kappa shape index (κ1) is 13.2. The Morgan fingerprint density at radius 2 is 2.19 bits per heavy atom. The van der Waals surface area contributed by atoms with Crippen molar-refractivity contribution in [3.05, 3.63) is 46.8 Å². The van der Waals surface area contributed by atoms with E-state index < -0.39 is 0 Å². The van der Waals surface area contributed by atoms with Crippen LogP contribution in [-0.2, 0) is 6.42 Å². The summed E-state index contributed by atoms with van der Waals surface area (Å²) in [5.41, 5.74) is 0.646. The van der Waals surface area contributed by atoms with Crippen LogP contribution in [0.5, 0.6) is 0 Å². The van der Waals surface area contributed by atoms with Crippen molar-refractivity contribution < 1.29 is 4.39 Å². The van der Waals surface area contributed by atoms with Gasteiger partial charge in [0.2, 0.25) is 0 Å². The van der Waals surface area contributed by atoms with Gasteiger partial charge in [-0.25, -0.2) is 4.39 Å². The molecule has 0 heterocycles. The number of benzene rings is 1. The summed E-state index contributed by atoms with van der Waals surface area (Å²) in [5, 5.41) is 3.41. The lowest BCUT2D eigenvalue weighted by Gasteiger charge is -2.00. The molecule has 3 heteroatoms. The number of hydrogen-bond acceptors (Lipinski definition) is 1. The second-order valence-corrected chi connectivity index (χ2v) is 3.94. The molecule has 0 saturated heterocycles. The van der Waals surface area contributed by atoms with Gasteiger partial charge in [0, 0.05) is 0 Å². The summed E-state index contributed by atoms with van der Waals surface area (Å²) < 4.78 is 13.5. The average molecular weight is 242 g/mol. The van der Waals surface area contributed by atoms with E-state index in [9.17, 15) is 4.39 Å². The lowest BCUT2D eigenvalue weighted by molar-refractivity contribution is 0.615. The number of nitrogens with one attached hydrogen (secondary N) is 1. The summed E-state index contributed by atoms with van der Waals surface area (Å²) in [6.45, 7) is 4.02. The molecular weight excluding hydrogens is 225 g/mol. The molecule has 88 valence electrons. The highest BCUT2D eigenvalue weighted by Crippen LogP contribution is 2.18. The minimum absolute atomic E-state index is 0.193. The van der Waals surface area contributed by atoms with Crippen LogP contribution in [0.4, 0.5) is 4.39 Å². The fourth-order valence-electron chi connectivity index (χ4n) is 1.40. The molecule has 1 aromatic carbocycles. The van der Waals surface area contributed by atoms with Crippen LogP contribution in [0.25, 0.3) is 0 Å². The maximum absolute atomic E-state index is 13.5. The third kappa shape index (κ3) is 4.33. The maximum atomic E-state index is 13.5. The monoisotopic (exact) mass is 241 g/mol. The van der Waals surface area contributed by atoms with Gasteiger partial charge in [-0.2, -0.15) is 0 Å². The molecule has 16 heavy (non-hydrogen) atoms. The molecule has 0 radical (unpaired) electrons. The summed E-state index contributed by atoms with van der Waals surface area (Å²) in [4.78, 5) is 0. The lowest BCUT2D eigenvalue weighted by Crippen LogP contribution is -2.12. The first-order valence-corrected chi connectivity index (χ1v) is 5.92. The van der Waals surface area contributed by atoms with Crippen molar-refractivity contribution in [2.45, 2.75) is 19.8 Å². The zero-order valence-electron chi connectivity index (χ0n) is 9.47. The minimum Gasteiger partial charge on any atom is -0.317 e. The third-order valence-electron chi connectivity index (χ3n) is 2.27. The molecule has 0 aromatic heterocycles. The van der Waals surface area contributed by atoms with E-state index >= 15 is 0 Å². The van der Waals surface area contributed by atoms with Crippen LogP contribution in [0.15, 0.2) is 30.4 Å². The highest BCUT2D eigenvalue weighted by Gasteiger charge is 2.03. The van der Waals surface area contributed by atoms with E-state index in [1.807, 2.05) is 6.08 Å². The molecule has 1 N–H and O–H groups in total. The van der Waals surface area contributed by atoms with Crippen LogP contribution < -0.4 is 5.32 Å². The van der Waals surface area contributed by atoms with Crippen molar-refractivity contribution in [2.24, 2.45) is 0 Å². The first-order valence-electron chi connectivity index (χ1n) is 5.54. The summed E-state index contributed by atoms with van der Waals surface area (Å²) in [6, 6.07) is 5.10. The Kier molecular flexibility index (Phi) is 6.12. The third-order valence-corrected chi connectivity index (χ3v) is 2.57. The van der Waals surface area contributed by atoms with Gasteiger partial charge in [-0.1, -0.05) is 42.8 Å². The van der Waals surface area contributed by atoms with E-state index in [2.05, 4.69) is 18.3 Å². The molecule has 0 unspecified atom stereocenters. The molecule has 1 rings (SSSR count). The zero-order valence-corrected chi connectivity index (χ0v) is 10.2. The number of rotatable bonds is 6. The van der Waals surface area contributed by atoms with Crippen LogP contribution in [0.1, 0.15) is 18.9 Å². The van der Waals surface area contributed by atoms with Gasteiger partial charge in [-0.15, -0.1) is 0 Å². The Morgan fingerprint density at radius 1 is 1.38 bits per heavy atom. The van der Waals surface area contributed by atoms with Gasteiger partial charge in [-0.3, -0.25) is 0 Å². The predicted molar refractivity (Wildman–Crippen MR) is 67.4 cm³/mol. The molecule has 0 aliphatic rings. The van der Waals surface area contributed by atoms with Crippen LogP contribution in [-0.4, -0.2) is 13.1 Å². The Labute approximate surface area is 101 Å². The van der Waals surface area contributed by atoms with Gasteiger partial charge in [0.05, 0.1) is 5.02 Å². The van der Waals surface area contributed by atoms with Gasteiger partial charge >= 0.3 is 0 Å². The zero-order chi connectivity index (χ0) is 11.8. The summed E-state index contributed by atoms with van der Waals surface area (Å²) in [7, 11) is 0. The van der Waals surface area contributed by atoms with Crippen LogP contribution in [0.2, 0.25) is 5.02 Å². The van der Waals surface area contributed by atoms with Crippen LogP contribution in [0, 0.1) is 5.82 Å². The van der Waals surface area contributed by atoms with Crippen molar-refractivity contribution >= 4 is 11.6 Å². The summed E-state index contributed by atoms with van der Waals surface area (Å²) >= 11 is 5.69. The Morgan fingerprint density at radius 3 is 2.94 bits per heavy atom. The fraction of sp³-hybridized carbons (Fsp3) is 0.385. The second kappa shape index (κ2) is 7.42. The predicted octanol–water partition coefficient (Wildman–Crippen LogP) is 3.58. The van der Waals surface area contributed by atoms with Gasteiger partial charge in [0.1, 0.15) is 5.82 Å². The Bertz CT molecular complexity index is 350. The maximum Gasteiger partial charge on any atom is 0.145 e. The molecule has 0 bridgehead atoms. The van der Waals surface area contributed by atoms with Gasteiger partial charge in [-0.05, 0) is 37.6 Å². The van der Waals surface area contributed by atoms with E-state index in [1.54, 1.807) is 18.2 Å². The second-order valence-electron chi connectivity index (χ2n) is 3.53. The van der Waals surface area contributed by atoms with E-state index in [4.69, 9.17) is 11.6 Å². The molecule has 0 aliphatic heterocycles. The van der Waals surface area contributed by atoms with Crippen molar-refractivity contribution in [3.63, 3.8) is 0 Å². The lowest BCUT2D eigenvalue weighted by atomic mass is 10.1. The highest BCUT2D eigenvalue weighted by atomic mass is 35.5. The van der Waals surface area contributed by atoms with E-state index in [1.165, 1.54) is 0 Å². The minimum atomic E-state index is -0.305. The first-order chi connectivity index (χ1) is 7.75. The molecular formula is C13H17ClFN. The summed E-state index contributed by atoms with van der Waals surface area (Å²) in [6.07, 6.45) is 5.60. The van der Waals surface area contributed by atoms with Crippen molar-refractivity contribution in [1.82, 2.24) is 5.32 Å². The molecule has 0 fully saturated rings. The van der Waals surface area contributed by atoms with Crippen molar-refractivity contribution in [1.29, 1.82) is 0 Å². The normalized spacial score (nSPS) is 11.2. The van der Waals surface area contributed by atoms with E-state index in [-0.39, 0.29) is 10.8 Å². The number of hydrogen-bond donors (Lipinski definition) is 1. The molecule has 0 spiro atoms. The quantitative estimate of drug-likeness (QED) is 0.593. The topological polar surface area (TPSA) is 12.0 Å². The Hall–Kier alpha value is -0.860. The van der Waals surface area contributed by atoms with Gasteiger partial charge < -0.3 is 5.32 Å². The van der Waals surface area contributed by atoms with Crippen molar-refractivity contribution in [2.75, 3.05) is 13.1 Å². The molecule has 0 atom stereocenters. The van der Waals surface area contributed by atoms with Gasteiger partial charge in [0.15, 0.2) is 0 Å².